The molecule has 0 bridgehead atoms. The third-order valence-electron chi connectivity index (χ3n) is 3.94. The van der Waals surface area contributed by atoms with Crippen LogP contribution in [0.5, 0.6) is 0 Å². The van der Waals surface area contributed by atoms with Crippen molar-refractivity contribution in [3.8, 4) is 0 Å². The van der Waals surface area contributed by atoms with E-state index in [4.69, 9.17) is 16.3 Å². The predicted molar refractivity (Wildman–Crippen MR) is 113 cm³/mol. The molecule has 29 heavy (non-hydrogen) atoms. The highest BCUT2D eigenvalue weighted by Crippen LogP contribution is 2.23. The summed E-state index contributed by atoms with van der Waals surface area (Å²) in [6, 6.07) is 13.1. The maximum Gasteiger partial charge on any atom is 0.408 e. The maximum absolute atomic E-state index is 12.7. The molecule has 0 aliphatic carbocycles. The van der Waals surface area contributed by atoms with Gasteiger partial charge in [0.25, 0.3) is 5.91 Å². The van der Waals surface area contributed by atoms with E-state index >= 15 is 0 Å². The Morgan fingerprint density at radius 2 is 1.69 bits per heavy atom. The van der Waals surface area contributed by atoms with Gasteiger partial charge in [-0.1, -0.05) is 41.9 Å². The fourth-order valence-corrected chi connectivity index (χ4v) is 2.87. The van der Waals surface area contributed by atoms with Gasteiger partial charge in [-0.15, -0.1) is 0 Å². The van der Waals surface area contributed by atoms with Crippen LogP contribution in [-0.4, -0.2) is 29.4 Å². The van der Waals surface area contributed by atoms with E-state index in [-0.39, 0.29) is 22.8 Å². The van der Waals surface area contributed by atoms with Crippen molar-refractivity contribution < 1.29 is 19.1 Å². The average molecular weight is 417 g/mol. The molecule has 0 heterocycles. The van der Waals surface area contributed by atoms with Crippen molar-refractivity contribution in [3.05, 3.63) is 64.7 Å². The number of benzene rings is 2. The van der Waals surface area contributed by atoms with Crippen molar-refractivity contribution in [1.29, 1.82) is 0 Å². The molecule has 6 nitrogen and oxygen atoms in total. The summed E-state index contributed by atoms with van der Waals surface area (Å²) in [7, 11) is 0. The second-order valence-electron chi connectivity index (χ2n) is 7.61. The molecule has 2 aromatic rings. The van der Waals surface area contributed by atoms with E-state index in [1.807, 2.05) is 6.07 Å². The minimum atomic E-state index is -0.783. The monoisotopic (exact) mass is 416 g/mol. The Bertz CT molecular complexity index is 891. The quantitative estimate of drug-likeness (QED) is 0.719. The lowest BCUT2D eigenvalue weighted by atomic mass is 9.99. The molecule has 0 saturated carbocycles. The van der Waals surface area contributed by atoms with Crippen LogP contribution in [0, 0.1) is 0 Å². The molecule has 0 saturated heterocycles. The number of hydrogen-bond acceptors (Lipinski definition) is 4. The largest absolute Gasteiger partial charge is 0.444 e. The third kappa shape index (κ3) is 6.91. The number of ether oxygens (including phenoxy) is 1. The summed E-state index contributed by atoms with van der Waals surface area (Å²) in [5.74, 6) is -0.677. The summed E-state index contributed by atoms with van der Waals surface area (Å²) < 4.78 is 5.17. The lowest BCUT2D eigenvalue weighted by molar-refractivity contribution is -0.120. The summed E-state index contributed by atoms with van der Waals surface area (Å²) >= 11 is 6.25. The van der Waals surface area contributed by atoms with Gasteiger partial charge in [-0.2, -0.15) is 0 Å². The van der Waals surface area contributed by atoms with Gasteiger partial charge in [0.2, 0.25) is 0 Å². The second-order valence-corrected chi connectivity index (χ2v) is 8.01. The van der Waals surface area contributed by atoms with Gasteiger partial charge in [-0.05, 0) is 51.5 Å². The second kappa shape index (κ2) is 9.56. The maximum atomic E-state index is 12.7. The first kappa shape index (κ1) is 22.4. The third-order valence-corrected chi connectivity index (χ3v) is 4.25. The van der Waals surface area contributed by atoms with Gasteiger partial charge in [-0.25, -0.2) is 4.79 Å². The number of halogens is 1. The van der Waals surface area contributed by atoms with E-state index in [2.05, 4.69) is 10.6 Å². The van der Waals surface area contributed by atoms with Crippen LogP contribution >= 0.6 is 11.6 Å². The molecule has 0 aliphatic rings. The van der Waals surface area contributed by atoms with Crippen LogP contribution in [-0.2, 0) is 16.0 Å². The van der Waals surface area contributed by atoms with Crippen LogP contribution < -0.4 is 10.6 Å². The summed E-state index contributed by atoms with van der Waals surface area (Å²) in [6.45, 7) is 6.79. The lowest BCUT2D eigenvalue weighted by Crippen LogP contribution is -2.42. The Labute approximate surface area is 175 Å². The number of hydrogen-bond donors (Lipinski definition) is 2. The molecular weight excluding hydrogens is 392 g/mol. The molecular formula is C22H25ClN2O4. The standard InChI is InChI=1S/C22H25ClN2O4/c1-14(24-21(28)29-22(2,3)4)18(26)13-15-9-8-12-17(23)19(15)20(27)25-16-10-6-5-7-11-16/h5-12,14H,13H2,1-4H3,(H,24,28)(H,25,27)/t14-/m1/s1. The van der Waals surface area contributed by atoms with E-state index in [1.165, 1.54) is 0 Å². The lowest BCUT2D eigenvalue weighted by Gasteiger charge is -2.21. The highest BCUT2D eigenvalue weighted by Gasteiger charge is 2.23. The number of anilines is 1. The normalized spacial score (nSPS) is 12.0. The molecule has 0 aliphatic heterocycles. The number of alkyl carbamates (subject to hydrolysis) is 1. The van der Waals surface area contributed by atoms with Gasteiger partial charge in [0.05, 0.1) is 16.6 Å². The van der Waals surface area contributed by atoms with Crippen molar-refractivity contribution in [2.24, 2.45) is 0 Å². The van der Waals surface area contributed by atoms with Crippen LogP contribution in [0.2, 0.25) is 5.02 Å². The van der Waals surface area contributed by atoms with Gasteiger partial charge < -0.3 is 15.4 Å². The van der Waals surface area contributed by atoms with Crippen LogP contribution in [0.3, 0.4) is 0 Å². The number of Topliss-reactive ketones (excluding diaryl/α,β-unsaturated/α-hetero) is 1. The Morgan fingerprint density at radius 1 is 1.03 bits per heavy atom. The Balaban J connectivity index is 2.12. The van der Waals surface area contributed by atoms with E-state index in [9.17, 15) is 14.4 Å². The first-order valence-electron chi connectivity index (χ1n) is 9.23. The number of amides is 2. The minimum absolute atomic E-state index is 0.0604. The van der Waals surface area contributed by atoms with E-state index < -0.39 is 23.6 Å². The number of nitrogens with one attached hydrogen (secondary N) is 2. The van der Waals surface area contributed by atoms with Gasteiger partial charge in [-0.3, -0.25) is 9.59 Å². The van der Waals surface area contributed by atoms with Crippen molar-refractivity contribution in [3.63, 3.8) is 0 Å². The van der Waals surface area contributed by atoms with Crippen molar-refractivity contribution in [1.82, 2.24) is 5.32 Å². The highest BCUT2D eigenvalue weighted by molar-refractivity contribution is 6.34. The fourth-order valence-electron chi connectivity index (χ4n) is 2.59. The molecule has 2 rings (SSSR count). The van der Waals surface area contributed by atoms with E-state index in [1.54, 1.807) is 70.2 Å². The van der Waals surface area contributed by atoms with Crippen LogP contribution in [0.15, 0.2) is 48.5 Å². The number of rotatable bonds is 6. The first-order valence-corrected chi connectivity index (χ1v) is 9.60. The highest BCUT2D eigenvalue weighted by atomic mass is 35.5. The Morgan fingerprint density at radius 3 is 2.31 bits per heavy atom. The number of carbonyl (C=O) groups is 3. The Kier molecular flexibility index (Phi) is 7.40. The predicted octanol–water partition coefficient (Wildman–Crippen LogP) is 4.62. The molecule has 7 heteroatoms. The molecule has 1 atom stereocenters. The summed E-state index contributed by atoms with van der Waals surface area (Å²) in [5, 5.41) is 5.54. The van der Waals surface area contributed by atoms with Crippen molar-refractivity contribution >= 4 is 35.1 Å². The zero-order chi connectivity index (χ0) is 21.6. The zero-order valence-corrected chi connectivity index (χ0v) is 17.7. The zero-order valence-electron chi connectivity index (χ0n) is 16.9. The smallest absolute Gasteiger partial charge is 0.408 e. The number of para-hydroxylation sites is 1. The van der Waals surface area contributed by atoms with Crippen LogP contribution in [0.25, 0.3) is 0 Å². The number of carbonyl (C=O) groups excluding carboxylic acids is 3. The molecule has 0 radical (unpaired) electrons. The van der Waals surface area contributed by atoms with Crippen LogP contribution in [0.1, 0.15) is 43.6 Å². The minimum Gasteiger partial charge on any atom is -0.444 e. The van der Waals surface area contributed by atoms with Gasteiger partial charge in [0.15, 0.2) is 5.78 Å². The molecule has 0 spiro atoms. The van der Waals surface area contributed by atoms with E-state index in [0.29, 0.717) is 11.3 Å². The molecule has 2 aromatic carbocycles. The molecule has 2 amide bonds. The topological polar surface area (TPSA) is 84.5 Å². The average Bonchev–Trinajstić information content (AvgIpc) is 2.60. The van der Waals surface area contributed by atoms with E-state index in [0.717, 1.165) is 0 Å². The van der Waals surface area contributed by atoms with Crippen molar-refractivity contribution in [2.45, 2.75) is 45.8 Å². The molecule has 2 N–H and O–H groups in total. The van der Waals surface area contributed by atoms with Crippen molar-refractivity contribution in [2.75, 3.05) is 5.32 Å². The molecule has 0 fully saturated rings. The summed E-state index contributed by atoms with van der Waals surface area (Å²) in [4.78, 5) is 37.2. The van der Waals surface area contributed by atoms with Gasteiger partial charge in [0, 0.05) is 12.1 Å². The summed E-state index contributed by atoms with van der Waals surface area (Å²) in [6.07, 6.45) is -0.735. The molecule has 154 valence electrons. The van der Waals surface area contributed by atoms with Crippen LogP contribution in [0.4, 0.5) is 10.5 Å². The molecule has 0 aromatic heterocycles. The van der Waals surface area contributed by atoms with Gasteiger partial charge >= 0.3 is 6.09 Å². The number of ketones is 1. The fraction of sp³-hybridized carbons (Fsp3) is 0.318. The first-order chi connectivity index (χ1) is 13.6. The molecule has 0 unspecified atom stereocenters. The Hall–Kier alpha value is -2.86. The summed E-state index contributed by atoms with van der Waals surface area (Å²) in [5.41, 5.74) is 0.668. The SMILES string of the molecule is C[C@@H](NC(=O)OC(C)(C)C)C(=O)Cc1cccc(Cl)c1C(=O)Nc1ccccc1. The van der Waals surface area contributed by atoms with Gasteiger partial charge in [0.1, 0.15) is 5.60 Å².